The molecule has 2 N–H and O–H groups in total. The molecule has 0 saturated heterocycles. The van der Waals surface area contributed by atoms with E-state index >= 15 is 0 Å². The molecule has 0 spiro atoms. The second kappa shape index (κ2) is 5.93. The summed E-state index contributed by atoms with van der Waals surface area (Å²) in [4.78, 5) is 0. The van der Waals surface area contributed by atoms with E-state index in [1.165, 1.54) is 5.56 Å². The van der Waals surface area contributed by atoms with Crippen molar-refractivity contribution in [3.63, 3.8) is 0 Å². The standard InChI is InChI=1S/C7H8.H2O.Zn/c1-7-5-3-2-4-6-7;;/h2-6H,1H3;1H2;. The van der Waals surface area contributed by atoms with Crippen molar-refractivity contribution in [2.24, 2.45) is 0 Å². The molecule has 0 amide bonds. The van der Waals surface area contributed by atoms with E-state index in [0.29, 0.717) is 0 Å². The van der Waals surface area contributed by atoms with Crippen LogP contribution in [0.4, 0.5) is 0 Å². The molecule has 1 rings (SSSR count). The fraction of sp³-hybridized carbons (Fsp3) is 0.143. The molecule has 0 unspecified atom stereocenters. The Kier molecular flexibility index (Phi) is 7.63. The minimum Gasteiger partial charge on any atom is -0.412 e. The van der Waals surface area contributed by atoms with Gasteiger partial charge in [-0.05, 0) is 6.92 Å². The normalized spacial score (nSPS) is 6.78. The van der Waals surface area contributed by atoms with Crippen molar-refractivity contribution in [3.05, 3.63) is 35.9 Å². The molecule has 0 aliphatic carbocycles. The molecule has 0 aliphatic heterocycles. The summed E-state index contributed by atoms with van der Waals surface area (Å²) in [6.07, 6.45) is 0. The maximum Gasteiger partial charge on any atom is 0 e. The minimum atomic E-state index is 0. The molecule has 0 saturated carbocycles. The van der Waals surface area contributed by atoms with Crippen molar-refractivity contribution in [2.45, 2.75) is 6.92 Å². The largest absolute Gasteiger partial charge is 0.412 e. The molecule has 1 nitrogen and oxygen atoms in total. The minimum absolute atomic E-state index is 0. The predicted octanol–water partition coefficient (Wildman–Crippen LogP) is 1.17. The summed E-state index contributed by atoms with van der Waals surface area (Å²) in [7, 11) is 0. The van der Waals surface area contributed by atoms with E-state index in [1.807, 2.05) is 18.2 Å². The number of hydrogen-bond acceptors (Lipinski definition) is 0. The molecule has 9 heavy (non-hydrogen) atoms. The Hall–Kier alpha value is -0.197. The molecule has 0 fully saturated rings. The summed E-state index contributed by atoms with van der Waals surface area (Å²) in [6, 6.07) is 10.3. The maximum atomic E-state index is 2.08. The van der Waals surface area contributed by atoms with Crippen molar-refractivity contribution >= 4 is 0 Å². The van der Waals surface area contributed by atoms with Gasteiger partial charge in [-0.1, -0.05) is 35.9 Å². The predicted molar refractivity (Wildman–Crippen MR) is 34.8 cm³/mol. The fourth-order valence-corrected chi connectivity index (χ4v) is 0.534. The van der Waals surface area contributed by atoms with Crippen LogP contribution in [0.15, 0.2) is 30.3 Å². The van der Waals surface area contributed by atoms with E-state index in [9.17, 15) is 0 Å². The first-order chi connectivity index (χ1) is 3.39. The SMILES string of the molecule is Cc1ccccc1.O.[Zn]. The van der Waals surface area contributed by atoms with E-state index < -0.39 is 0 Å². The van der Waals surface area contributed by atoms with Crippen LogP contribution in [-0.4, -0.2) is 5.48 Å². The second-order valence-electron chi connectivity index (χ2n) is 1.65. The van der Waals surface area contributed by atoms with Crippen LogP contribution in [0.25, 0.3) is 0 Å². The number of rotatable bonds is 0. The van der Waals surface area contributed by atoms with Gasteiger partial charge >= 0.3 is 0 Å². The van der Waals surface area contributed by atoms with Crippen molar-refractivity contribution in [1.29, 1.82) is 0 Å². The Morgan fingerprint density at radius 3 is 1.67 bits per heavy atom. The third-order valence-electron chi connectivity index (χ3n) is 0.940. The number of benzene rings is 1. The van der Waals surface area contributed by atoms with Gasteiger partial charge in [-0.2, -0.15) is 0 Å². The van der Waals surface area contributed by atoms with Crippen molar-refractivity contribution < 1.29 is 25.0 Å². The molecule has 1 aromatic rings. The molecule has 46 valence electrons. The third-order valence-corrected chi connectivity index (χ3v) is 0.940. The molecule has 0 aromatic heterocycles. The van der Waals surface area contributed by atoms with Gasteiger partial charge in [-0.25, -0.2) is 0 Å². The molecule has 1 aromatic carbocycles. The average Bonchev–Trinajstić information content (AvgIpc) is 1.69. The Balaban J connectivity index is 0. The molecular formula is C7H10OZn. The number of aryl methyl sites for hydroxylation is 1. The average molecular weight is 176 g/mol. The smallest absolute Gasteiger partial charge is 0 e. The fourth-order valence-electron chi connectivity index (χ4n) is 0.534. The van der Waals surface area contributed by atoms with Gasteiger partial charge in [0.2, 0.25) is 0 Å². The summed E-state index contributed by atoms with van der Waals surface area (Å²) >= 11 is 0. The molecule has 2 heteroatoms. The molecule has 0 aliphatic rings. The Bertz CT molecular complexity index is 139. The van der Waals surface area contributed by atoms with Crippen LogP contribution in [0.2, 0.25) is 0 Å². The third kappa shape index (κ3) is 4.32. The van der Waals surface area contributed by atoms with E-state index in [2.05, 4.69) is 19.1 Å². The van der Waals surface area contributed by atoms with Crippen LogP contribution in [0.3, 0.4) is 0 Å². The Morgan fingerprint density at radius 2 is 1.44 bits per heavy atom. The van der Waals surface area contributed by atoms with Gasteiger partial charge in [0.05, 0.1) is 0 Å². The van der Waals surface area contributed by atoms with Crippen LogP contribution < -0.4 is 0 Å². The quantitative estimate of drug-likeness (QED) is 0.530. The zero-order chi connectivity index (χ0) is 5.11. The van der Waals surface area contributed by atoms with Crippen molar-refractivity contribution in [3.8, 4) is 0 Å². The van der Waals surface area contributed by atoms with Gasteiger partial charge in [0.25, 0.3) is 0 Å². The van der Waals surface area contributed by atoms with Crippen molar-refractivity contribution in [1.82, 2.24) is 0 Å². The molecule has 0 radical (unpaired) electrons. The summed E-state index contributed by atoms with van der Waals surface area (Å²) in [6.45, 7) is 2.08. The zero-order valence-electron chi connectivity index (χ0n) is 5.59. The van der Waals surface area contributed by atoms with Crippen LogP contribution in [0.1, 0.15) is 5.56 Å². The van der Waals surface area contributed by atoms with Crippen molar-refractivity contribution in [2.75, 3.05) is 0 Å². The first kappa shape index (κ1) is 11.6. The van der Waals surface area contributed by atoms with Crippen LogP contribution in [0, 0.1) is 6.92 Å². The number of hydrogen-bond donors (Lipinski definition) is 0. The van der Waals surface area contributed by atoms with E-state index in [1.54, 1.807) is 0 Å². The van der Waals surface area contributed by atoms with Gasteiger partial charge in [0.15, 0.2) is 0 Å². The molecule has 0 bridgehead atoms. The topological polar surface area (TPSA) is 31.5 Å². The monoisotopic (exact) mass is 174 g/mol. The summed E-state index contributed by atoms with van der Waals surface area (Å²) in [5, 5.41) is 0. The molecule has 0 heterocycles. The van der Waals surface area contributed by atoms with Gasteiger partial charge in [-0.15, -0.1) is 0 Å². The zero-order valence-corrected chi connectivity index (χ0v) is 8.56. The van der Waals surface area contributed by atoms with Crippen LogP contribution in [-0.2, 0) is 19.5 Å². The van der Waals surface area contributed by atoms with E-state index in [4.69, 9.17) is 0 Å². The molecular weight excluding hydrogens is 165 g/mol. The first-order valence-electron chi connectivity index (χ1n) is 2.41. The van der Waals surface area contributed by atoms with Crippen LogP contribution in [0.5, 0.6) is 0 Å². The summed E-state index contributed by atoms with van der Waals surface area (Å²) in [5.41, 5.74) is 1.32. The van der Waals surface area contributed by atoms with Gasteiger partial charge < -0.3 is 5.48 Å². The van der Waals surface area contributed by atoms with Gasteiger partial charge in [0, 0.05) is 19.5 Å². The van der Waals surface area contributed by atoms with Gasteiger partial charge in [0.1, 0.15) is 0 Å². The van der Waals surface area contributed by atoms with E-state index in [-0.39, 0.29) is 25.0 Å². The van der Waals surface area contributed by atoms with E-state index in [0.717, 1.165) is 0 Å². The summed E-state index contributed by atoms with van der Waals surface area (Å²) < 4.78 is 0. The summed E-state index contributed by atoms with van der Waals surface area (Å²) in [5.74, 6) is 0. The Morgan fingerprint density at radius 1 is 1.00 bits per heavy atom. The first-order valence-corrected chi connectivity index (χ1v) is 2.41. The van der Waals surface area contributed by atoms with Gasteiger partial charge in [-0.3, -0.25) is 0 Å². The maximum absolute atomic E-state index is 2.08. The second-order valence-corrected chi connectivity index (χ2v) is 1.65. The Labute approximate surface area is 68.2 Å². The molecule has 0 atom stereocenters. The van der Waals surface area contributed by atoms with Crippen LogP contribution >= 0.6 is 0 Å².